The average Bonchev–Trinajstić information content (AvgIpc) is 2.67. The van der Waals surface area contributed by atoms with Gasteiger partial charge in [-0.3, -0.25) is 5.10 Å². The lowest BCUT2D eigenvalue weighted by molar-refractivity contribution is 0.257. The van der Waals surface area contributed by atoms with Gasteiger partial charge in [-0.1, -0.05) is 13.8 Å². The van der Waals surface area contributed by atoms with Crippen LogP contribution in [0.25, 0.3) is 0 Å². The van der Waals surface area contributed by atoms with E-state index in [2.05, 4.69) is 28.8 Å². The van der Waals surface area contributed by atoms with E-state index in [1.54, 1.807) is 0 Å². The predicted molar refractivity (Wildman–Crippen MR) is 64.9 cm³/mol. The second-order valence-corrected chi connectivity index (χ2v) is 6.84. The van der Waals surface area contributed by atoms with Crippen LogP contribution in [0.15, 0.2) is 17.3 Å². The van der Waals surface area contributed by atoms with E-state index in [-0.39, 0.29) is 11.1 Å². The molecule has 0 aromatic carbocycles. The van der Waals surface area contributed by atoms with Crippen LogP contribution < -0.4 is 4.72 Å². The zero-order chi connectivity index (χ0) is 12.5. The Hall–Kier alpha value is -0.880. The maximum Gasteiger partial charge on any atom is 0.257 e. The van der Waals surface area contributed by atoms with Crippen LogP contribution in [0.2, 0.25) is 0 Å². The van der Waals surface area contributed by atoms with E-state index in [0.29, 0.717) is 11.8 Å². The minimum atomic E-state index is -3.43. The molecule has 2 N–H and O–H groups in total. The molecule has 5 nitrogen and oxygen atoms in total. The minimum Gasteiger partial charge on any atom is -0.266 e. The Labute approximate surface area is 102 Å². The van der Waals surface area contributed by atoms with E-state index in [4.69, 9.17) is 0 Å². The van der Waals surface area contributed by atoms with E-state index in [9.17, 15) is 8.42 Å². The molecule has 1 heterocycles. The maximum absolute atomic E-state index is 12.0. The van der Waals surface area contributed by atoms with Crippen LogP contribution in [0.5, 0.6) is 0 Å². The summed E-state index contributed by atoms with van der Waals surface area (Å²) in [5, 5.41) is 6.30. The fourth-order valence-corrected chi connectivity index (χ4v) is 3.89. The van der Waals surface area contributed by atoms with E-state index in [1.165, 1.54) is 18.7 Å². The van der Waals surface area contributed by atoms with Gasteiger partial charge < -0.3 is 0 Å². The molecule has 0 spiro atoms. The Morgan fingerprint density at radius 2 is 1.94 bits per heavy atom. The van der Waals surface area contributed by atoms with Crippen molar-refractivity contribution < 1.29 is 8.42 Å². The lowest BCUT2D eigenvalue weighted by atomic mass is 9.81. The number of nitrogens with zero attached hydrogens (tertiary/aromatic N) is 1. The predicted octanol–water partition coefficient (Wildman–Crippen LogP) is 1.51. The zero-order valence-corrected chi connectivity index (χ0v) is 11.0. The number of nitrogens with one attached hydrogen (secondary N) is 2. The van der Waals surface area contributed by atoms with Gasteiger partial charge in [0.05, 0.1) is 6.20 Å². The quantitative estimate of drug-likeness (QED) is 0.862. The van der Waals surface area contributed by atoms with Gasteiger partial charge in [0.1, 0.15) is 0 Å². The van der Waals surface area contributed by atoms with Crippen molar-refractivity contribution in [2.45, 2.75) is 44.2 Å². The first-order chi connectivity index (χ1) is 7.97. The molecule has 2 rings (SSSR count). The highest BCUT2D eigenvalue weighted by Gasteiger charge is 2.28. The summed E-state index contributed by atoms with van der Waals surface area (Å²) in [7, 11) is -3.43. The number of sulfonamides is 1. The first-order valence-corrected chi connectivity index (χ1v) is 7.47. The molecule has 1 aromatic heterocycles. The maximum atomic E-state index is 12.0. The molecule has 1 aliphatic carbocycles. The van der Waals surface area contributed by atoms with Crippen LogP contribution in [0.4, 0.5) is 0 Å². The smallest absolute Gasteiger partial charge is 0.257 e. The fourth-order valence-electron chi connectivity index (χ4n) is 2.72. The number of hydrogen-bond acceptors (Lipinski definition) is 3. The van der Waals surface area contributed by atoms with Gasteiger partial charge in [0.15, 0.2) is 5.03 Å². The van der Waals surface area contributed by atoms with Gasteiger partial charge in [0, 0.05) is 6.04 Å². The molecule has 1 aliphatic rings. The molecule has 96 valence electrons. The van der Waals surface area contributed by atoms with Crippen molar-refractivity contribution in [1.29, 1.82) is 0 Å². The molecule has 0 radical (unpaired) electrons. The Bertz CT molecular complexity index is 445. The van der Waals surface area contributed by atoms with Crippen molar-refractivity contribution in [3.8, 4) is 0 Å². The van der Waals surface area contributed by atoms with Crippen molar-refractivity contribution in [1.82, 2.24) is 14.9 Å². The van der Waals surface area contributed by atoms with Crippen molar-refractivity contribution in [3.05, 3.63) is 12.3 Å². The summed E-state index contributed by atoms with van der Waals surface area (Å²) in [4.78, 5) is 0. The highest BCUT2D eigenvalue weighted by atomic mass is 32.2. The topological polar surface area (TPSA) is 74.8 Å². The second-order valence-electron chi connectivity index (χ2n) is 5.16. The second kappa shape index (κ2) is 4.78. The molecule has 0 aliphatic heterocycles. The molecular weight excluding hydrogens is 238 g/mol. The molecular formula is C11H19N3O2S. The van der Waals surface area contributed by atoms with E-state index < -0.39 is 10.0 Å². The van der Waals surface area contributed by atoms with Crippen molar-refractivity contribution in [2.24, 2.45) is 11.8 Å². The number of aromatic amines is 1. The highest BCUT2D eigenvalue weighted by molar-refractivity contribution is 7.89. The van der Waals surface area contributed by atoms with Gasteiger partial charge in [-0.05, 0) is 37.2 Å². The van der Waals surface area contributed by atoms with Crippen LogP contribution in [-0.2, 0) is 10.0 Å². The summed E-state index contributed by atoms with van der Waals surface area (Å²) in [6.45, 7) is 4.35. The number of hydrogen-bond donors (Lipinski definition) is 2. The Morgan fingerprint density at radius 1 is 1.29 bits per heavy atom. The molecule has 2 atom stereocenters. The van der Waals surface area contributed by atoms with E-state index in [0.717, 1.165) is 12.8 Å². The zero-order valence-electron chi connectivity index (χ0n) is 10.2. The van der Waals surface area contributed by atoms with Crippen molar-refractivity contribution in [3.63, 3.8) is 0 Å². The molecule has 1 fully saturated rings. The fraction of sp³-hybridized carbons (Fsp3) is 0.727. The largest absolute Gasteiger partial charge is 0.266 e. The molecule has 6 heteroatoms. The van der Waals surface area contributed by atoms with E-state index in [1.807, 2.05) is 0 Å². The molecule has 1 saturated carbocycles. The monoisotopic (exact) mass is 257 g/mol. The Kier molecular flexibility index (Phi) is 3.53. The SMILES string of the molecule is CC1CC(C)CC(NS(=O)(=O)c2ccn[nH]2)C1. The lowest BCUT2D eigenvalue weighted by Gasteiger charge is -2.31. The molecule has 0 bridgehead atoms. The lowest BCUT2D eigenvalue weighted by Crippen LogP contribution is -2.40. The van der Waals surface area contributed by atoms with E-state index >= 15 is 0 Å². The summed E-state index contributed by atoms with van der Waals surface area (Å²) in [5.41, 5.74) is 0. The standard InChI is InChI=1S/C11H19N3O2S/c1-8-5-9(2)7-10(6-8)14-17(15,16)11-3-4-12-13-11/h3-4,8-10,14H,5-7H2,1-2H3,(H,12,13). The highest BCUT2D eigenvalue weighted by Crippen LogP contribution is 2.29. The molecule has 0 saturated heterocycles. The summed E-state index contributed by atoms with van der Waals surface area (Å²) in [6.07, 6.45) is 4.46. The normalized spacial score (nSPS) is 30.4. The van der Waals surface area contributed by atoms with Gasteiger partial charge in [0.2, 0.25) is 0 Å². The van der Waals surface area contributed by atoms with Gasteiger partial charge in [-0.2, -0.15) is 5.10 Å². The average molecular weight is 257 g/mol. The summed E-state index contributed by atoms with van der Waals surface area (Å²) in [6, 6.07) is 1.51. The van der Waals surface area contributed by atoms with Gasteiger partial charge in [-0.15, -0.1) is 0 Å². The number of rotatable bonds is 3. The third-order valence-electron chi connectivity index (χ3n) is 3.27. The summed E-state index contributed by atoms with van der Waals surface area (Å²) >= 11 is 0. The van der Waals surface area contributed by atoms with Gasteiger partial charge in [-0.25, -0.2) is 13.1 Å². The molecule has 2 unspecified atom stereocenters. The van der Waals surface area contributed by atoms with Crippen LogP contribution in [0.1, 0.15) is 33.1 Å². The number of H-pyrrole nitrogens is 1. The summed E-state index contributed by atoms with van der Waals surface area (Å²) < 4.78 is 26.7. The minimum absolute atomic E-state index is 0.0436. The first kappa shape index (κ1) is 12.6. The van der Waals surface area contributed by atoms with Crippen molar-refractivity contribution >= 4 is 10.0 Å². The van der Waals surface area contributed by atoms with Crippen LogP contribution in [-0.4, -0.2) is 24.7 Å². The third-order valence-corrected chi connectivity index (χ3v) is 4.72. The van der Waals surface area contributed by atoms with Crippen LogP contribution in [0, 0.1) is 11.8 Å². The third kappa shape index (κ3) is 3.07. The number of aromatic nitrogens is 2. The first-order valence-electron chi connectivity index (χ1n) is 5.99. The van der Waals surface area contributed by atoms with Crippen LogP contribution in [0.3, 0.4) is 0 Å². The van der Waals surface area contributed by atoms with Gasteiger partial charge in [0.25, 0.3) is 10.0 Å². The molecule has 1 aromatic rings. The Morgan fingerprint density at radius 3 is 2.47 bits per heavy atom. The molecule has 0 amide bonds. The van der Waals surface area contributed by atoms with Gasteiger partial charge >= 0.3 is 0 Å². The Balaban J connectivity index is 2.06. The van der Waals surface area contributed by atoms with Crippen molar-refractivity contribution in [2.75, 3.05) is 0 Å². The summed E-state index contributed by atoms with van der Waals surface area (Å²) in [5.74, 6) is 1.15. The molecule has 17 heavy (non-hydrogen) atoms. The van der Waals surface area contributed by atoms with Crippen LogP contribution >= 0.6 is 0 Å².